The maximum atomic E-state index is 13.5. The highest BCUT2D eigenvalue weighted by Gasteiger charge is 2.24. The Morgan fingerprint density at radius 2 is 1.75 bits per heavy atom. The number of methoxy groups -OCH3 is 1. The Hall–Kier alpha value is -4.31. The standard InChI is InChI=1S/C26H25FN6O3/c1-36-25(34)20-5-2-3-6-21(20)30-26(35)32-15-13-31(14-16-32)17-23-29-22-7-4-12-28-24(22)33(23)19-10-8-18(27)9-11-19/h2-12H,13-17H2,1H3,(H,30,35). The van der Waals surface area contributed by atoms with Crippen molar-refractivity contribution in [3.05, 3.63) is 84.1 Å². The van der Waals surface area contributed by atoms with E-state index in [1.165, 1.54) is 19.2 Å². The van der Waals surface area contributed by atoms with Gasteiger partial charge in [0.05, 0.1) is 24.9 Å². The van der Waals surface area contributed by atoms with Crippen LogP contribution in [0.1, 0.15) is 16.2 Å². The number of hydrogen-bond acceptors (Lipinski definition) is 6. The molecule has 9 nitrogen and oxygen atoms in total. The highest BCUT2D eigenvalue weighted by molar-refractivity contribution is 6.00. The number of halogens is 1. The minimum Gasteiger partial charge on any atom is -0.465 e. The number of esters is 1. The zero-order valence-corrected chi connectivity index (χ0v) is 19.7. The number of amides is 2. The van der Waals surface area contributed by atoms with E-state index in [4.69, 9.17) is 9.72 Å². The quantitative estimate of drug-likeness (QED) is 0.431. The van der Waals surface area contributed by atoms with Gasteiger partial charge < -0.3 is 15.0 Å². The molecule has 36 heavy (non-hydrogen) atoms. The topological polar surface area (TPSA) is 92.6 Å². The Bertz CT molecular complexity index is 1400. The fourth-order valence-electron chi connectivity index (χ4n) is 4.31. The number of fused-ring (bicyclic) bond motifs is 1. The number of imidazole rings is 1. The summed E-state index contributed by atoms with van der Waals surface area (Å²) in [5, 5.41) is 2.83. The molecule has 1 aliphatic rings. The fourth-order valence-corrected chi connectivity index (χ4v) is 4.31. The number of aromatic nitrogens is 3. The number of piperazine rings is 1. The summed E-state index contributed by atoms with van der Waals surface area (Å²) in [4.78, 5) is 38.1. The Morgan fingerprint density at radius 1 is 1.00 bits per heavy atom. The number of pyridine rings is 1. The molecule has 2 aromatic carbocycles. The summed E-state index contributed by atoms with van der Waals surface area (Å²) >= 11 is 0. The number of hydrogen-bond donors (Lipinski definition) is 1. The molecule has 0 radical (unpaired) electrons. The van der Waals surface area contributed by atoms with Gasteiger partial charge in [-0.3, -0.25) is 9.47 Å². The van der Waals surface area contributed by atoms with E-state index in [0.29, 0.717) is 49.6 Å². The summed E-state index contributed by atoms with van der Waals surface area (Å²) in [6, 6.07) is 16.5. The van der Waals surface area contributed by atoms with Crippen molar-refractivity contribution in [3.63, 3.8) is 0 Å². The summed E-state index contributed by atoms with van der Waals surface area (Å²) in [6.07, 6.45) is 1.71. The van der Waals surface area contributed by atoms with Gasteiger partial charge in [-0.25, -0.2) is 23.9 Å². The minimum atomic E-state index is -0.505. The van der Waals surface area contributed by atoms with Gasteiger partial charge in [0.2, 0.25) is 0 Å². The van der Waals surface area contributed by atoms with Crippen LogP contribution in [0.25, 0.3) is 16.9 Å². The van der Waals surface area contributed by atoms with E-state index in [1.54, 1.807) is 47.5 Å². The number of urea groups is 1. The molecule has 10 heteroatoms. The molecule has 3 heterocycles. The lowest BCUT2D eigenvalue weighted by Crippen LogP contribution is -2.49. The van der Waals surface area contributed by atoms with Gasteiger partial charge in [0.1, 0.15) is 17.2 Å². The molecule has 1 fully saturated rings. The number of benzene rings is 2. The number of carbonyl (C=O) groups excluding carboxylic acids is 2. The molecule has 1 saturated heterocycles. The SMILES string of the molecule is COC(=O)c1ccccc1NC(=O)N1CCN(Cc2nc3cccnc3n2-c2ccc(F)cc2)CC1. The number of nitrogens with one attached hydrogen (secondary N) is 1. The molecule has 0 unspecified atom stereocenters. The predicted molar refractivity (Wildman–Crippen MR) is 132 cm³/mol. The van der Waals surface area contributed by atoms with E-state index in [0.717, 1.165) is 17.0 Å². The smallest absolute Gasteiger partial charge is 0.339 e. The van der Waals surface area contributed by atoms with Crippen LogP contribution in [0.2, 0.25) is 0 Å². The first-order chi connectivity index (χ1) is 17.5. The number of carbonyl (C=O) groups is 2. The number of rotatable bonds is 5. The molecule has 2 aromatic heterocycles. The second kappa shape index (κ2) is 10.1. The van der Waals surface area contributed by atoms with Crippen LogP contribution in [-0.4, -0.2) is 69.6 Å². The van der Waals surface area contributed by atoms with Crippen molar-refractivity contribution in [1.82, 2.24) is 24.3 Å². The zero-order valence-electron chi connectivity index (χ0n) is 19.7. The van der Waals surface area contributed by atoms with Gasteiger partial charge in [-0.1, -0.05) is 12.1 Å². The number of para-hydroxylation sites is 1. The van der Waals surface area contributed by atoms with E-state index in [9.17, 15) is 14.0 Å². The van der Waals surface area contributed by atoms with Gasteiger partial charge >= 0.3 is 12.0 Å². The van der Waals surface area contributed by atoms with Crippen molar-refractivity contribution < 1.29 is 18.7 Å². The monoisotopic (exact) mass is 488 g/mol. The molecule has 4 aromatic rings. The van der Waals surface area contributed by atoms with Crippen LogP contribution >= 0.6 is 0 Å². The third-order valence-electron chi connectivity index (χ3n) is 6.17. The van der Waals surface area contributed by atoms with Gasteiger partial charge in [0, 0.05) is 38.1 Å². The highest BCUT2D eigenvalue weighted by atomic mass is 19.1. The lowest BCUT2D eigenvalue weighted by molar-refractivity contribution is 0.0602. The van der Waals surface area contributed by atoms with Crippen LogP contribution in [0, 0.1) is 5.82 Å². The molecule has 1 N–H and O–H groups in total. The van der Waals surface area contributed by atoms with Crippen LogP contribution in [0.4, 0.5) is 14.9 Å². The van der Waals surface area contributed by atoms with E-state index in [1.807, 2.05) is 16.7 Å². The highest BCUT2D eigenvalue weighted by Crippen LogP contribution is 2.22. The van der Waals surface area contributed by atoms with Crippen LogP contribution < -0.4 is 5.32 Å². The first-order valence-electron chi connectivity index (χ1n) is 11.6. The Kier molecular flexibility index (Phi) is 6.59. The van der Waals surface area contributed by atoms with Crippen molar-refractivity contribution in [1.29, 1.82) is 0 Å². The van der Waals surface area contributed by atoms with Crippen molar-refractivity contribution in [2.75, 3.05) is 38.6 Å². The summed E-state index contributed by atoms with van der Waals surface area (Å²) < 4.78 is 20.3. The van der Waals surface area contributed by atoms with Crippen LogP contribution in [0.15, 0.2) is 66.9 Å². The lowest BCUT2D eigenvalue weighted by atomic mass is 10.2. The fraction of sp³-hybridized carbons (Fsp3) is 0.231. The predicted octanol–water partition coefficient (Wildman–Crippen LogP) is 3.70. The first kappa shape index (κ1) is 23.4. The van der Waals surface area contributed by atoms with Crippen molar-refractivity contribution in [2.45, 2.75) is 6.54 Å². The van der Waals surface area contributed by atoms with Crippen LogP contribution in [0.5, 0.6) is 0 Å². The van der Waals surface area contributed by atoms with Crippen LogP contribution in [0.3, 0.4) is 0 Å². The molecular formula is C26H25FN6O3. The van der Waals surface area contributed by atoms with Crippen molar-refractivity contribution in [3.8, 4) is 5.69 Å². The first-order valence-corrected chi connectivity index (χ1v) is 11.6. The average Bonchev–Trinajstić information content (AvgIpc) is 3.27. The molecule has 0 spiro atoms. The van der Waals surface area contributed by atoms with Crippen molar-refractivity contribution >= 4 is 28.9 Å². The maximum absolute atomic E-state index is 13.5. The summed E-state index contributed by atoms with van der Waals surface area (Å²) in [5.74, 6) is -0.0178. The molecule has 1 aliphatic heterocycles. The molecule has 0 saturated carbocycles. The van der Waals surface area contributed by atoms with E-state index in [-0.39, 0.29) is 11.8 Å². The maximum Gasteiger partial charge on any atom is 0.339 e. The Morgan fingerprint density at radius 3 is 2.50 bits per heavy atom. The molecule has 0 atom stereocenters. The number of anilines is 1. The molecule has 184 valence electrons. The number of ether oxygens (including phenoxy) is 1. The van der Waals surface area contributed by atoms with Gasteiger partial charge in [-0.05, 0) is 48.5 Å². The number of nitrogens with zero attached hydrogens (tertiary/aromatic N) is 5. The Balaban J connectivity index is 1.28. The van der Waals surface area contributed by atoms with Crippen molar-refractivity contribution in [2.24, 2.45) is 0 Å². The van der Waals surface area contributed by atoms with E-state index < -0.39 is 5.97 Å². The lowest BCUT2D eigenvalue weighted by Gasteiger charge is -2.34. The average molecular weight is 489 g/mol. The molecular weight excluding hydrogens is 463 g/mol. The van der Waals surface area contributed by atoms with Gasteiger partial charge in [0.25, 0.3) is 0 Å². The minimum absolute atomic E-state index is 0.270. The molecule has 0 aliphatic carbocycles. The van der Waals surface area contributed by atoms with E-state index >= 15 is 0 Å². The normalized spacial score (nSPS) is 14.1. The summed E-state index contributed by atoms with van der Waals surface area (Å²) in [5.41, 5.74) is 2.98. The molecule has 2 amide bonds. The van der Waals surface area contributed by atoms with Gasteiger partial charge in [-0.2, -0.15) is 0 Å². The zero-order chi connectivity index (χ0) is 25.1. The summed E-state index contributed by atoms with van der Waals surface area (Å²) in [6.45, 7) is 2.87. The largest absolute Gasteiger partial charge is 0.465 e. The van der Waals surface area contributed by atoms with E-state index in [2.05, 4.69) is 15.2 Å². The molecule has 0 bridgehead atoms. The molecule has 5 rings (SSSR count). The second-order valence-electron chi connectivity index (χ2n) is 8.42. The second-order valence-corrected chi connectivity index (χ2v) is 8.42. The van der Waals surface area contributed by atoms with Gasteiger partial charge in [0.15, 0.2) is 5.65 Å². The summed E-state index contributed by atoms with van der Waals surface area (Å²) in [7, 11) is 1.31. The van der Waals surface area contributed by atoms with Crippen LogP contribution in [-0.2, 0) is 11.3 Å². The van der Waals surface area contributed by atoms with Gasteiger partial charge in [-0.15, -0.1) is 0 Å². The third-order valence-corrected chi connectivity index (χ3v) is 6.17. The Labute approximate surface area is 207 Å². The third kappa shape index (κ3) is 4.76.